The monoisotopic (exact) mass is 490 g/mol. The fourth-order valence-electron chi connectivity index (χ4n) is 2.60. The quantitative estimate of drug-likeness (QED) is 0.206. The van der Waals surface area contributed by atoms with Gasteiger partial charge in [-0.1, -0.05) is 35.3 Å². The first-order chi connectivity index (χ1) is 13.4. The molecule has 3 nitrogen and oxygen atoms in total. The van der Waals surface area contributed by atoms with Crippen LogP contribution < -0.4 is 0 Å². The van der Waals surface area contributed by atoms with Crippen molar-refractivity contribution in [2.75, 3.05) is 0 Å². The van der Waals surface area contributed by atoms with Crippen molar-refractivity contribution >= 4 is 81.4 Å². The molecular weight excluding hydrogens is 476 g/mol. The van der Waals surface area contributed by atoms with E-state index in [0.717, 1.165) is 36.9 Å². The van der Waals surface area contributed by atoms with Crippen molar-refractivity contribution in [2.45, 2.75) is 13.8 Å². The summed E-state index contributed by atoms with van der Waals surface area (Å²) in [6.07, 6.45) is 3.50. The molecule has 0 aliphatic rings. The number of aryl methyl sites for hydroxylation is 2. The zero-order valence-electron chi connectivity index (χ0n) is 15.2. The predicted molar refractivity (Wildman–Crippen MR) is 128 cm³/mol. The van der Waals surface area contributed by atoms with Crippen molar-refractivity contribution in [2.24, 2.45) is 4.30 Å². The molecule has 0 amide bonds. The number of benzene rings is 2. The number of hydrogen-bond donors (Lipinski definition) is 1. The molecule has 4 aromatic rings. The Morgan fingerprint density at radius 3 is 2.21 bits per heavy atom. The second-order valence-electron chi connectivity index (χ2n) is 5.83. The summed E-state index contributed by atoms with van der Waals surface area (Å²) in [4.78, 5) is 8.41. The van der Waals surface area contributed by atoms with E-state index in [-0.39, 0.29) is 0 Å². The van der Waals surface area contributed by atoms with E-state index in [0.29, 0.717) is 5.02 Å². The zero-order valence-corrected chi connectivity index (χ0v) is 19.2. The molecular formula is C20H16BBrCl2N3S. The van der Waals surface area contributed by atoms with E-state index in [2.05, 4.69) is 56.7 Å². The number of fused-ring (bicyclic) bond motifs is 2. The molecule has 4 rings (SSSR count). The fraction of sp³-hybridized carbons (Fsp3) is 0.100. The van der Waals surface area contributed by atoms with Gasteiger partial charge in [0.2, 0.25) is 0 Å². The molecule has 0 bridgehead atoms. The first-order valence-electron chi connectivity index (χ1n) is 8.13. The third-order valence-corrected chi connectivity index (χ3v) is 5.39. The molecule has 2 heterocycles. The number of pyridine rings is 2. The van der Waals surface area contributed by atoms with E-state index in [4.69, 9.17) is 23.2 Å². The molecule has 141 valence electrons. The Morgan fingerprint density at radius 2 is 1.54 bits per heavy atom. The van der Waals surface area contributed by atoms with E-state index < -0.39 is 0 Å². The van der Waals surface area contributed by atoms with Crippen LogP contribution in [0.4, 0.5) is 0 Å². The molecule has 0 fully saturated rings. The molecule has 2 aromatic heterocycles. The second kappa shape index (κ2) is 10.9. The van der Waals surface area contributed by atoms with Crippen LogP contribution in [0.3, 0.4) is 0 Å². The Bertz CT molecular complexity index is 1130. The van der Waals surface area contributed by atoms with Crippen LogP contribution in [0.5, 0.6) is 0 Å². The Hall–Kier alpha value is -1.47. The number of halogens is 3. The zero-order chi connectivity index (χ0) is 20.7. The van der Waals surface area contributed by atoms with Crippen LogP contribution in [0.15, 0.2) is 63.6 Å². The maximum atomic E-state index is 6.05. The summed E-state index contributed by atoms with van der Waals surface area (Å²) in [5, 5.41) is 3.59. The van der Waals surface area contributed by atoms with Crippen LogP contribution >= 0.6 is 51.9 Å². The molecule has 2 aromatic carbocycles. The van der Waals surface area contributed by atoms with E-state index >= 15 is 0 Å². The van der Waals surface area contributed by atoms with Gasteiger partial charge in [0.15, 0.2) is 0 Å². The summed E-state index contributed by atoms with van der Waals surface area (Å²) >= 11 is 18.8. The number of aromatic nitrogens is 2. The van der Waals surface area contributed by atoms with Gasteiger partial charge in [-0.3, -0.25) is 9.97 Å². The summed E-state index contributed by atoms with van der Waals surface area (Å²) in [7, 11) is 4.34. The van der Waals surface area contributed by atoms with Crippen molar-refractivity contribution in [3.05, 3.63) is 80.5 Å². The van der Waals surface area contributed by atoms with Gasteiger partial charge in [0.05, 0.1) is 21.1 Å². The fourth-order valence-corrected chi connectivity index (χ4v) is 3.67. The third kappa shape index (κ3) is 5.77. The topological polar surface area (TPSA) is 38.1 Å². The van der Waals surface area contributed by atoms with Crippen LogP contribution in [0.2, 0.25) is 10.0 Å². The van der Waals surface area contributed by atoms with Crippen LogP contribution in [-0.4, -0.2) is 17.6 Å². The van der Waals surface area contributed by atoms with E-state index in [1.54, 1.807) is 12.4 Å². The second-order valence-corrected chi connectivity index (χ2v) is 7.66. The standard InChI is InChI=1S/C10H7BrClN.C10H8ClN.BHNS/c1-6-5-8(12)10-7(9(6)11)3-2-4-13-10;1-7-5-8-3-2-4-12-10(8)9(11)6-7;1-2-3/h2-5H,1H3;2-6H,1H3;3H. The molecule has 0 unspecified atom stereocenters. The van der Waals surface area contributed by atoms with E-state index in [1.807, 2.05) is 50.2 Å². The summed E-state index contributed by atoms with van der Waals surface area (Å²) in [5.74, 6) is 0. The number of thiol groups is 1. The Kier molecular flexibility index (Phi) is 8.89. The Labute approximate surface area is 189 Å². The molecule has 0 aliphatic carbocycles. The average Bonchev–Trinajstić information content (AvgIpc) is 2.67. The number of hydrogen-bond acceptors (Lipinski definition) is 4. The van der Waals surface area contributed by atoms with E-state index in [9.17, 15) is 0 Å². The van der Waals surface area contributed by atoms with E-state index in [1.165, 1.54) is 5.56 Å². The summed E-state index contributed by atoms with van der Waals surface area (Å²) in [5.41, 5.74) is 4.03. The summed E-state index contributed by atoms with van der Waals surface area (Å²) < 4.78 is 3.76. The van der Waals surface area contributed by atoms with Gasteiger partial charge in [-0.05, 0) is 71.2 Å². The molecule has 0 saturated heterocycles. The molecule has 0 N–H and O–H groups in total. The van der Waals surface area contributed by atoms with Gasteiger partial charge in [-0.15, -0.1) is 0 Å². The van der Waals surface area contributed by atoms with Gasteiger partial charge >= 0.3 is 24.8 Å². The SMILES string of the molecule is Cc1cc(Cl)c2ncccc2c1.Cc1cc(Cl)c2ncccc2c1Br.[B]=NS. The first kappa shape index (κ1) is 22.8. The van der Waals surface area contributed by atoms with Crippen LogP contribution in [0, 0.1) is 13.8 Å². The number of nitrogens with zero attached hydrogens (tertiary/aromatic N) is 3. The molecule has 8 heteroatoms. The van der Waals surface area contributed by atoms with Gasteiger partial charge in [-0.25, -0.2) is 0 Å². The predicted octanol–water partition coefficient (Wildman–Crippen LogP) is 7.34. The molecule has 0 saturated carbocycles. The van der Waals surface area contributed by atoms with Crippen molar-refractivity contribution in [3.8, 4) is 0 Å². The normalized spacial score (nSPS) is 9.89. The minimum atomic E-state index is 0.705. The van der Waals surface area contributed by atoms with Gasteiger partial charge in [0.1, 0.15) is 0 Å². The van der Waals surface area contributed by atoms with Crippen LogP contribution in [-0.2, 0) is 0 Å². The minimum absolute atomic E-state index is 0.705. The molecule has 0 aliphatic heterocycles. The molecule has 1 radical (unpaired) electrons. The van der Waals surface area contributed by atoms with Crippen molar-refractivity contribution in [3.63, 3.8) is 0 Å². The first-order valence-corrected chi connectivity index (χ1v) is 10.1. The summed E-state index contributed by atoms with van der Waals surface area (Å²) in [6.45, 7) is 4.04. The molecule has 0 atom stereocenters. The van der Waals surface area contributed by atoms with Crippen molar-refractivity contribution in [1.82, 2.24) is 9.97 Å². The van der Waals surface area contributed by atoms with Crippen LogP contribution in [0.25, 0.3) is 21.8 Å². The molecule has 0 spiro atoms. The van der Waals surface area contributed by atoms with Gasteiger partial charge in [0, 0.05) is 27.6 Å². The van der Waals surface area contributed by atoms with Crippen molar-refractivity contribution in [1.29, 1.82) is 0 Å². The third-order valence-electron chi connectivity index (χ3n) is 3.76. The average molecular weight is 492 g/mol. The van der Waals surface area contributed by atoms with Crippen LogP contribution in [0.1, 0.15) is 11.1 Å². The van der Waals surface area contributed by atoms with Gasteiger partial charge in [-0.2, -0.15) is 0 Å². The van der Waals surface area contributed by atoms with Gasteiger partial charge < -0.3 is 0 Å². The maximum absolute atomic E-state index is 6.05. The molecule has 28 heavy (non-hydrogen) atoms. The number of rotatable bonds is 0. The summed E-state index contributed by atoms with van der Waals surface area (Å²) in [6, 6.07) is 13.8. The Balaban J connectivity index is 0.000000176. The van der Waals surface area contributed by atoms with Gasteiger partial charge in [0.25, 0.3) is 0 Å². The van der Waals surface area contributed by atoms with Crippen molar-refractivity contribution < 1.29 is 0 Å². The Morgan fingerprint density at radius 1 is 0.964 bits per heavy atom.